The molecule has 0 nitrogen and oxygen atoms in total. The van der Waals surface area contributed by atoms with E-state index in [1.807, 2.05) is 0 Å². The Labute approximate surface area is 81.7 Å². The van der Waals surface area contributed by atoms with Crippen LogP contribution in [0, 0.1) is 0 Å². The molecule has 2 heteroatoms. The maximum Gasteiger partial charge on any atom is 0.0230 e. The van der Waals surface area contributed by atoms with Gasteiger partial charge >= 0.3 is 0 Å². The van der Waals surface area contributed by atoms with Crippen molar-refractivity contribution in [2.45, 2.75) is 39.5 Å². The van der Waals surface area contributed by atoms with Crippen molar-refractivity contribution >= 4 is 24.4 Å². The van der Waals surface area contributed by atoms with Gasteiger partial charge in [0.1, 0.15) is 0 Å². The van der Waals surface area contributed by atoms with Crippen LogP contribution < -0.4 is 0 Å². The lowest BCUT2D eigenvalue weighted by molar-refractivity contribution is 0.806. The Morgan fingerprint density at radius 1 is 1.64 bits per heavy atom. The highest BCUT2D eigenvalue weighted by molar-refractivity contribution is 8.03. The van der Waals surface area contributed by atoms with Crippen LogP contribution in [0.1, 0.15) is 40.9 Å². The molecule has 0 aliphatic heterocycles. The predicted molar refractivity (Wildman–Crippen MR) is 59.3 cm³/mol. The monoisotopic (exact) mass is 192 g/mol. The lowest BCUT2D eigenvalue weighted by Gasteiger charge is -2.05. The Hall–Kier alpha value is 0.440. The molecule has 0 aromatic rings. The first-order chi connectivity index (χ1) is 5.76. The molecule has 0 aliphatic carbocycles. The highest BCUT2D eigenvalue weighted by atomic mass is 32.2. The average molecular weight is 192 g/mol. The fourth-order valence-electron chi connectivity index (χ4n) is 0.898. The molecule has 0 aromatic heterocycles. The van der Waals surface area contributed by atoms with Gasteiger partial charge in [-0.2, -0.15) is 0 Å². The van der Waals surface area contributed by atoms with Crippen molar-refractivity contribution in [3.05, 3.63) is 9.81 Å². The van der Waals surface area contributed by atoms with Crippen LogP contribution >= 0.6 is 24.4 Å². The topological polar surface area (TPSA) is 0 Å². The standard InChI is InChI=1S/C9H18S2/c1-4-6-7-8(10)9(5-2)11-3/h10H,4-7H2,1-3H3/i1T. The third-order valence-electron chi connectivity index (χ3n) is 1.55. The summed E-state index contributed by atoms with van der Waals surface area (Å²) in [7, 11) is 0. The number of thiol groups is 1. The maximum atomic E-state index is 7.00. The van der Waals surface area contributed by atoms with Crippen LogP contribution in [0.3, 0.4) is 0 Å². The van der Waals surface area contributed by atoms with Gasteiger partial charge in [-0.05, 0) is 35.3 Å². The zero-order valence-electron chi connectivity index (χ0n) is 8.39. The second kappa shape index (κ2) is 7.11. The average Bonchev–Trinajstić information content (AvgIpc) is 2.07. The first-order valence-corrected chi connectivity index (χ1v) is 5.67. The molecule has 0 aromatic carbocycles. The summed E-state index contributed by atoms with van der Waals surface area (Å²) < 4.78 is 7.00. The SMILES string of the molecule is [3H]CCCCC(S)=C(CC)SC. The van der Waals surface area contributed by atoms with Crippen molar-refractivity contribution in [1.29, 1.82) is 0 Å². The molecule has 0 saturated carbocycles. The van der Waals surface area contributed by atoms with E-state index in [4.69, 9.17) is 1.37 Å². The number of hydrogen-bond donors (Lipinski definition) is 1. The Morgan fingerprint density at radius 2 is 2.36 bits per heavy atom. The van der Waals surface area contributed by atoms with Gasteiger partial charge in [0.2, 0.25) is 0 Å². The summed E-state index contributed by atoms with van der Waals surface area (Å²) in [4.78, 5) is 2.61. The lowest BCUT2D eigenvalue weighted by Crippen LogP contribution is -1.81. The Bertz CT molecular complexity index is 137. The highest BCUT2D eigenvalue weighted by Gasteiger charge is 1.98. The van der Waals surface area contributed by atoms with E-state index in [2.05, 4.69) is 25.8 Å². The van der Waals surface area contributed by atoms with E-state index in [0.717, 1.165) is 25.7 Å². The molecule has 0 fully saturated rings. The Balaban J connectivity index is 3.79. The van der Waals surface area contributed by atoms with Crippen LogP contribution in [0.25, 0.3) is 0 Å². The quantitative estimate of drug-likeness (QED) is 0.505. The summed E-state index contributed by atoms with van der Waals surface area (Å²) in [6.45, 7) is 2.70. The van der Waals surface area contributed by atoms with Gasteiger partial charge in [0.15, 0.2) is 0 Å². The number of allylic oxidation sites excluding steroid dienone is 2. The first kappa shape index (κ1) is 9.53. The smallest absolute Gasteiger partial charge is 0.0230 e. The van der Waals surface area contributed by atoms with Crippen LogP contribution in [0.5, 0.6) is 0 Å². The summed E-state index contributed by atoms with van der Waals surface area (Å²) in [6, 6.07) is 0. The van der Waals surface area contributed by atoms with Gasteiger partial charge in [-0.1, -0.05) is 20.2 Å². The molecule has 0 rings (SSSR count). The van der Waals surface area contributed by atoms with E-state index >= 15 is 0 Å². The van der Waals surface area contributed by atoms with Crippen molar-refractivity contribution in [2.75, 3.05) is 6.26 Å². The fraction of sp³-hybridized carbons (Fsp3) is 0.778. The van der Waals surface area contributed by atoms with E-state index in [9.17, 15) is 0 Å². The van der Waals surface area contributed by atoms with Gasteiger partial charge in [-0.3, -0.25) is 0 Å². The van der Waals surface area contributed by atoms with E-state index in [1.54, 1.807) is 11.8 Å². The number of unbranched alkanes of at least 4 members (excludes halogenated alkanes) is 1. The molecule has 11 heavy (non-hydrogen) atoms. The van der Waals surface area contributed by atoms with Crippen LogP contribution in [0.2, 0.25) is 0 Å². The zero-order chi connectivity index (χ0) is 9.40. The minimum atomic E-state index is 0.543. The van der Waals surface area contributed by atoms with E-state index in [-0.39, 0.29) is 0 Å². The van der Waals surface area contributed by atoms with Gasteiger partial charge in [0, 0.05) is 1.37 Å². The van der Waals surface area contributed by atoms with Crippen molar-refractivity contribution in [2.24, 2.45) is 0 Å². The second-order valence-electron chi connectivity index (χ2n) is 2.38. The van der Waals surface area contributed by atoms with Crippen molar-refractivity contribution < 1.29 is 1.37 Å². The summed E-state index contributed by atoms with van der Waals surface area (Å²) in [5.41, 5.74) is 0. The largest absolute Gasteiger partial charge is 0.147 e. The molecule has 0 amide bonds. The van der Waals surface area contributed by atoms with Crippen LogP contribution in [-0.2, 0) is 0 Å². The van der Waals surface area contributed by atoms with E-state index in [1.165, 1.54) is 9.81 Å². The summed E-state index contributed by atoms with van der Waals surface area (Å²) in [5, 5.41) is 0. The molecular formula is C9H18S2. The molecule has 0 unspecified atom stereocenters. The Morgan fingerprint density at radius 3 is 2.82 bits per heavy atom. The molecule has 0 aliphatic rings. The molecule has 0 atom stereocenters. The molecule has 0 radical (unpaired) electrons. The summed E-state index contributed by atoms with van der Waals surface area (Å²) in [6.07, 6.45) is 6.33. The van der Waals surface area contributed by atoms with E-state index in [0.29, 0.717) is 6.90 Å². The molecule has 0 bridgehead atoms. The molecule has 0 spiro atoms. The number of hydrogen-bond acceptors (Lipinski definition) is 2. The van der Waals surface area contributed by atoms with Crippen molar-refractivity contribution in [1.82, 2.24) is 0 Å². The van der Waals surface area contributed by atoms with Crippen molar-refractivity contribution in [3.8, 4) is 0 Å². The van der Waals surface area contributed by atoms with Gasteiger partial charge < -0.3 is 0 Å². The molecular weight excluding hydrogens is 172 g/mol. The zero-order valence-corrected chi connectivity index (χ0v) is 9.10. The minimum absolute atomic E-state index is 0.543. The predicted octanol–water partition coefficient (Wildman–Crippen LogP) is 4.09. The molecule has 0 heterocycles. The molecule has 66 valence electrons. The van der Waals surface area contributed by atoms with Crippen LogP contribution in [0.4, 0.5) is 0 Å². The molecule has 0 N–H and O–H groups in total. The number of rotatable bonds is 5. The second-order valence-corrected chi connectivity index (χ2v) is 3.83. The van der Waals surface area contributed by atoms with Gasteiger partial charge in [0.25, 0.3) is 0 Å². The fourth-order valence-corrected chi connectivity index (χ4v) is 2.11. The van der Waals surface area contributed by atoms with Gasteiger partial charge in [0.05, 0.1) is 0 Å². The third kappa shape index (κ3) is 4.81. The first-order valence-electron chi connectivity index (χ1n) is 4.71. The van der Waals surface area contributed by atoms with Crippen LogP contribution in [-0.4, -0.2) is 6.26 Å². The number of thioether (sulfide) groups is 1. The van der Waals surface area contributed by atoms with E-state index < -0.39 is 0 Å². The highest BCUT2D eigenvalue weighted by Crippen LogP contribution is 2.26. The third-order valence-corrected chi connectivity index (χ3v) is 3.23. The summed E-state index contributed by atoms with van der Waals surface area (Å²) in [5.74, 6) is 0. The maximum absolute atomic E-state index is 7.00. The summed E-state index contributed by atoms with van der Waals surface area (Å²) >= 11 is 6.25. The van der Waals surface area contributed by atoms with Crippen molar-refractivity contribution in [3.63, 3.8) is 0 Å². The van der Waals surface area contributed by atoms with Crippen LogP contribution in [0.15, 0.2) is 9.81 Å². The van der Waals surface area contributed by atoms with Gasteiger partial charge in [-0.15, -0.1) is 24.4 Å². The van der Waals surface area contributed by atoms with Gasteiger partial charge in [-0.25, -0.2) is 0 Å². The minimum Gasteiger partial charge on any atom is -0.147 e. The lowest BCUT2D eigenvalue weighted by atomic mass is 10.2. The Kier molecular flexibility index (Phi) is 6.16. The normalized spacial score (nSPS) is 14.3. The molecule has 0 saturated heterocycles.